The number of aromatic nitrogens is 3. The molecule has 0 radical (unpaired) electrons. The van der Waals surface area contributed by atoms with Gasteiger partial charge in [0.15, 0.2) is 0 Å². The van der Waals surface area contributed by atoms with Crippen LogP contribution in [-0.2, 0) is 4.79 Å². The molecule has 3 aromatic rings. The lowest BCUT2D eigenvalue weighted by Crippen LogP contribution is -2.49. The Bertz CT molecular complexity index is 1060. The van der Waals surface area contributed by atoms with E-state index in [9.17, 15) is 4.79 Å². The number of fused-ring (bicyclic) bond motifs is 1. The van der Waals surface area contributed by atoms with E-state index in [1.165, 1.54) is 24.9 Å². The molecule has 0 saturated carbocycles. The van der Waals surface area contributed by atoms with E-state index < -0.39 is 0 Å². The van der Waals surface area contributed by atoms with Gasteiger partial charge in [0.1, 0.15) is 17.8 Å². The number of rotatable bonds is 6. The van der Waals surface area contributed by atoms with Crippen molar-refractivity contribution >= 4 is 34.1 Å². The fourth-order valence-corrected chi connectivity index (χ4v) is 4.82. The van der Waals surface area contributed by atoms with Crippen LogP contribution in [0.1, 0.15) is 32.1 Å². The van der Waals surface area contributed by atoms with Gasteiger partial charge in [-0.05, 0) is 56.4 Å². The Balaban J connectivity index is 1.15. The average molecular weight is 434 g/mol. The van der Waals surface area contributed by atoms with Crippen LogP contribution < -0.4 is 20.4 Å². The Morgan fingerprint density at radius 3 is 2.84 bits per heavy atom. The van der Waals surface area contributed by atoms with Gasteiger partial charge in [0.05, 0.1) is 11.9 Å². The van der Waals surface area contributed by atoms with Gasteiger partial charge in [-0.15, -0.1) is 0 Å². The first-order valence-corrected chi connectivity index (χ1v) is 11.7. The lowest BCUT2D eigenvalue weighted by atomic mass is 10.1. The van der Waals surface area contributed by atoms with Crippen molar-refractivity contribution in [2.45, 2.75) is 38.1 Å². The molecule has 0 spiro atoms. The first kappa shape index (κ1) is 20.6. The van der Waals surface area contributed by atoms with E-state index in [-0.39, 0.29) is 18.5 Å². The second kappa shape index (κ2) is 9.46. The molecule has 1 atom stereocenters. The minimum atomic E-state index is 0.0229. The molecule has 2 saturated heterocycles. The number of carbonyl (C=O) groups is 1. The molecule has 2 aromatic heterocycles. The zero-order chi connectivity index (χ0) is 21.8. The Labute approximate surface area is 188 Å². The van der Waals surface area contributed by atoms with Gasteiger partial charge in [0.25, 0.3) is 0 Å². The van der Waals surface area contributed by atoms with E-state index in [4.69, 9.17) is 0 Å². The summed E-state index contributed by atoms with van der Waals surface area (Å²) >= 11 is 0. The van der Waals surface area contributed by atoms with Gasteiger partial charge in [-0.2, -0.15) is 0 Å². The smallest absolute Gasteiger partial charge is 0.239 e. The molecule has 5 rings (SSSR count). The van der Waals surface area contributed by atoms with E-state index in [1.807, 2.05) is 18.3 Å². The van der Waals surface area contributed by atoms with Gasteiger partial charge in [-0.1, -0.05) is 6.07 Å². The summed E-state index contributed by atoms with van der Waals surface area (Å²) in [6, 6.07) is 10.5. The fourth-order valence-electron chi connectivity index (χ4n) is 4.82. The third kappa shape index (κ3) is 4.64. The molecule has 32 heavy (non-hydrogen) atoms. The number of anilines is 3. The molecule has 0 aliphatic carbocycles. The van der Waals surface area contributed by atoms with Crippen LogP contribution in [0.5, 0.6) is 0 Å². The lowest BCUT2D eigenvalue weighted by molar-refractivity contribution is -0.120. The van der Waals surface area contributed by atoms with Gasteiger partial charge in [0, 0.05) is 49.8 Å². The van der Waals surface area contributed by atoms with Crippen molar-refractivity contribution < 1.29 is 4.79 Å². The van der Waals surface area contributed by atoms with Crippen molar-refractivity contribution in [3.8, 4) is 0 Å². The number of amides is 1. The zero-order valence-corrected chi connectivity index (χ0v) is 18.4. The number of carbonyl (C=O) groups excluding carboxylic acids is 1. The molecule has 1 aromatic carbocycles. The summed E-state index contributed by atoms with van der Waals surface area (Å²) in [7, 11) is 0. The maximum Gasteiger partial charge on any atom is 0.239 e. The fraction of sp³-hybridized carbons (Fsp3) is 0.458. The summed E-state index contributed by atoms with van der Waals surface area (Å²) in [6.07, 6.45) is 9.31. The second-order valence-electron chi connectivity index (χ2n) is 8.74. The van der Waals surface area contributed by atoms with Gasteiger partial charge < -0.3 is 25.4 Å². The van der Waals surface area contributed by atoms with Crippen molar-refractivity contribution in [2.24, 2.45) is 0 Å². The summed E-state index contributed by atoms with van der Waals surface area (Å²) in [4.78, 5) is 29.3. The summed E-state index contributed by atoms with van der Waals surface area (Å²) < 4.78 is 0. The lowest BCUT2D eigenvalue weighted by Gasteiger charge is -2.34. The number of nitrogens with one attached hydrogen (secondary N) is 3. The molecule has 3 N–H and O–H groups in total. The highest BCUT2D eigenvalue weighted by atomic mass is 16.2. The van der Waals surface area contributed by atoms with Gasteiger partial charge in [0.2, 0.25) is 5.91 Å². The van der Waals surface area contributed by atoms with Crippen molar-refractivity contribution in [1.29, 1.82) is 0 Å². The largest absolute Gasteiger partial charge is 0.376 e. The predicted molar refractivity (Wildman–Crippen MR) is 128 cm³/mol. The maximum absolute atomic E-state index is 12.7. The molecule has 1 amide bonds. The summed E-state index contributed by atoms with van der Waals surface area (Å²) in [6.45, 7) is 4.20. The second-order valence-corrected chi connectivity index (χ2v) is 8.74. The van der Waals surface area contributed by atoms with Crippen molar-refractivity contribution in [3.63, 3.8) is 0 Å². The standard InChI is InChI=1S/C24H31N7O/c32-22(15-26-18-6-4-8-20(14-18)30-11-2-1-3-12-30)29-19-7-5-13-31(16-19)24-21-9-10-25-23(21)27-17-28-24/h4,6,8-10,14,17,19,26H,1-3,5,7,11-13,15-16H2,(H,29,32)(H,25,27,28)/t19-/m1/s1. The van der Waals surface area contributed by atoms with Gasteiger partial charge >= 0.3 is 0 Å². The number of aromatic amines is 1. The first-order valence-electron chi connectivity index (χ1n) is 11.7. The summed E-state index contributed by atoms with van der Waals surface area (Å²) in [5, 5.41) is 7.53. The van der Waals surface area contributed by atoms with E-state index in [0.717, 1.165) is 61.6 Å². The molecule has 2 aliphatic heterocycles. The van der Waals surface area contributed by atoms with Crippen LogP contribution in [-0.4, -0.2) is 59.6 Å². The highest BCUT2D eigenvalue weighted by molar-refractivity contribution is 5.87. The van der Waals surface area contributed by atoms with Crippen molar-refractivity contribution in [2.75, 3.05) is 47.8 Å². The van der Waals surface area contributed by atoms with Crippen molar-refractivity contribution in [3.05, 3.63) is 42.9 Å². The number of H-pyrrole nitrogens is 1. The maximum atomic E-state index is 12.7. The van der Waals surface area contributed by atoms with Crippen LogP contribution in [0.2, 0.25) is 0 Å². The van der Waals surface area contributed by atoms with Crippen LogP contribution in [0.3, 0.4) is 0 Å². The molecule has 168 valence electrons. The quantitative estimate of drug-likeness (QED) is 0.553. The highest BCUT2D eigenvalue weighted by Crippen LogP contribution is 2.25. The van der Waals surface area contributed by atoms with Crippen LogP contribution in [0.15, 0.2) is 42.9 Å². The van der Waals surface area contributed by atoms with Gasteiger partial charge in [-0.25, -0.2) is 9.97 Å². The van der Waals surface area contributed by atoms with E-state index in [2.05, 4.69) is 53.6 Å². The SMILES string of the molecule is O=C(CNc1cccc(N2CCCCC2)c1)N[C@@H]1CCCN(c2ncnc3[nH]ccc23)C1. The topological polar surface area (TPSA) is 89.2 Å². The minimum absolute atomic E-state index is 0.0229. The van der Waals surface area contributed by atoms with E-state index in [1.54, 1.807) is 6.33 Å². The number of hydrogen-bond donors (Lipinski definition) is 3. The molecule has 0 bridgehead atoms. The van der Waals surface area contributed by atoms with Gasteiger partial charge in [-0.3, -0.25) is 4.79 Å². The van der Waals surface area contributed by atoms with E-state index in [0.29, 0.717) is 0 Å². The van der Waals surface area contributed by atoms with Crippen LogP contribution in [0, 0.1) is 0 Å². The number of piperidine rings is 2. The summed E-state index contributed by atoms with van der Waals surface area (Å²) in [5.74, 6) is 0.956. The van der Waals surface area contributed by atoms with Crippen LogP contribution in [0.4, 0.5) is 17.2 Å². The Hall–Kier alpha value is -3.29. The Morgan fingerprint density at radius 2 is 1.94 bits per heavy atom. The predicted octanol–water partition coefficient (Wildman–Crippen LogP) is 3.15. The molecule has 0 unspecified atom stereocenters. The molecular formula is C24H31N7O. The molecule has 2 aliphatic rings. The molecule has 2 fully saturated rings. The Morgan fingerprint density at radius 1 is 1.06 bits per heavy atom. The monoisotopic (exact) mass is 433 g/mol. The van der Waals surface area contributed by atoms with Crippen molar-refractivity contribution in [1.82, 2.24) is 20.3 Å². The molecule has 4 heterocycles. The number of hydrogen-bond acceptors (Lipinski definition) is 6. The minimum Gasteiger partial charge on any atom is -0.376 e. The average Bonchev–Trinajstić information content (AvgIpc) is 3.33. The normalized spacial score (nSPS) is 19.2. The number of benzene rings is 1. The third-order valence-electron chi connectivity index (χ3n) is 6.44. The molecule has 8 heteroatoms. The van der Waals surface area contributed by atoms with Crippen LogP contribution >= 0.6 is 0 Å². The van der Waals surface area contributed by atoms with Crippen LogP contribution in [0.25, 0.3) is 11.0 Å². The highest BCUT2D eigenvalue weighted by Gasteiger charge is 2.24. The zero-order valence-electron chi connectivity index (χ0n) is 18.4. The molecule has 8 nitrogen and oxygen atoms in total. The summed E-state index contributed by atoms with van der Waals surface area (Å²) in [5.41, 5.74) is 3.07. The first-order chi connectivity index (χ1) is 15.8. The third-order valence-corrected chi connectivity index (χ3v) is 6.44. The van der Waals surface area contributed by atoms with E-state index >= 15 is 0 Å². The Kier molecular flexibility index (Phi) is 6.09. The molecular weight excluding hydrogens is 402 g/mol. The number of nitrogens with zero attached hydrogens (tertiary/aromatic N) is 4.